The van der Waals surface area contributed by atoms with Crippen LogP contribution in [0, 0.1) is 0 Å². The molecule has 0 fully saturated rings. The van der Waals surface area contributed by atoms with Crippen molar-refractivity contribution in [1.82, 2.24) is 9.97 Å². The maximum Gasteiger partial charge on any atom is 0.150 e. The van der Waals surface area contributed by atoms with Gasteiger partial charge in [0, 0.05) is 12.4 Å². The molecule has 0 aliphatic rings. The van der Waals surface area contributed by atoms with Crippen molar-refractivity contribution >= 4 is 49.2 Å². The molecule has 2 aromatic heterocycles. The van der Waals surface area contributed by atoms with Crippen molar-refractivity contribution in [2.24, 2.45) is 0 Å². The minimum Gasteiger partial charge on any atom is -0.262 e. The largest absolute Gasteiger partial charge is 0.262 e. The number of fused-ring (bicyclic) bond motifs is 1. The molecule has 62 valence electrons. The summed E-state index contributed by atoms with van der Waals surface area (Å²) in [6.07, 6.45) is 5.64. The average Bonchev–Trinajstić information content (AvgIpc) is 2.49. The summed E-state index contributed by atoms with van der Waals surface area (Å²) in [5.41, 5.74) is 1.01. The molecule has 0 N–H and O–H groups in total. The van der Waals surface area contributed by atoms with E-state index in [1.165, 1.54) is 0 Å². The number of thioether (sulfide) groups is 1. The van der Waals surface area contributed by atoms with Gasteiger partial charge in [-0.2, -0.15) is 0 Å². The van der Waals surface area contributed by atoms with Gasteiger partial charge in [0.1, 0.15) is 0 Å². The molecule has 0 bridgehead atoms. The first-order valence-electron chi connectivity index (χ1n) is 3.25. The molecule has 0 aliphatic carbocycles. The Hall–Kier alpha value is -0.130. The first-order valence-corrected chi connectivity index (χ1v) is 6.08. The van der Waals surface area contributed by atoms with E-state index in [1.54, 1.807) is 29.3 Å². The molecule has 0 saturated heterocycles. The van der Waals surface area contributed by atoms with Crippen molar-refractivity contribution in [3.05, 3.63) is 16.9 Å². The zero-order valence-corrected chi connectivity index (χ0v) is 9.46. The van der Waals surface area contributed by atoms with Crippen LogP contribution in [-0.2, 0) is 0 Å². The molecule has 2 rings (SSSR count). The van der Waals surface area contributed by atoms with Crippen LogP contribution in [0.4, 0.5) is 0 Å². The third-order valence-electron chi connectivity index (χ3n) is 1.41. The number of halogens is 1. The number of pyridine rings is 1. The topological polar surface area (TPSA) is 25.8 Å². The molecule has 0 saturated carbocycles. The molecule has 12 heavy (non-hydrogen) atoms. The van der Waals surface area contributed by atoms with Gasteiger partial charge >= 0.3 is 0 Å². The Morgan fingerprint density at radius 3 is 3.00 bits per heavy atom. The summed E-state index contributed by atoms with van der Waals surface area (Å²) in [6, 6.07) is 0. The van der Waals surface area contributed by atoms with Crippen molar-refractivity contribution in [3.8, 4) is 0 Å². The molecule has 0 aromatic carbocycles. The second-order valence-corrected chi connectivity index (χ2v) is 5.09. The van der Waals surface area contributed by atoms with Crippen LogP contribution in [0.1, 0.15) is 0 Å². The van der Waals surface area contributed by atoms with Gasteiger partial charge in [-0.05, 0) is 22.2 Å². The van der Waals surface area contributed by atoms with Crippen molar-refractivity contribution in [3.63, 3.8) is 0 Å². The molecule has 2 nitrogen and oxygen atoms in total. The highest BCUT2D eigenvalue weighted by Crippen LogP contribution is 2.31. The lowest BCUT2D eigenvalue weighted by atomic mass is 10.4. The average molecular weight is 261 g/mol. The van der Waals surface area contributed by atoms with Crippen molar-refractivity contribution in [2.75, 3.05) is 6.26 Å². The van der Waals surface area contributed by atoms with Crippen molar-refractivity contribution in [2.45, 2.75) is 4.34 Å². The molecular formula is C7H5BrN2S2. The molecule has 0 atom stereocenters. The van der Waals surface area contributed by atoms with Crippen LogP contribution in [0.2, 0.25) is 0 Å². The highest BCUT2D eigenvalue weighted by atomic mass is 79.9. The molecule has 0 radical (unpaired) electrons. The Kier molecular flexibility index (Phi) is 2.34. The monoisotopic (exact) mass is 260 g/mol. The number of nitrogens with zero attached hydrogens (tertiary/aromatic N) is 2. The van der Waals surface area contributed by atoms with Gasteiger partial charge in [0.15, 0.2) is 4.34 Å². The van der Waals surface area contributed by atoms with Crippen molar-refractivity contribution < 1.29 is 0 Å². The van der Waals surface area contributed by atoms with Gasteiger partial charge in [-0.3, -0.25) is 4.98 Å². The predicted octanol–water partition coefficient (Wildman–Crippen LogP) is 3.18. The quantitative estimate of drug-likeness (QED) is 0.737. The first-order chi connectivity index (χ1) is 5.81. The smallest absolute Gasteiger partial charge is 0.150 e. The van der Waals surface area contributed by atoms with E-state index in [9.17, 15) is 0 Å². The fourth-order valence-electron chi connectivity index (χ4n) is 0.889. The lowest BCUT2D eigenvalue weighted by Gasteiger charge is -1.87. The van der Waals surface area contributed by atoms with Gasteiger partial charge in [0.2, 0.25) is 0 Å². The Morgan fingerprint density at radius 1 is 1.50 bits per heavy atom. The Balaban J connectivity index is 2.74. The van der Waals surface area contributed by atoms with Crippen LogP contribution < -0.4 is 0 Å². The van der Waals surface area contributed by atoms with Gasteiger partial charge in [-0.25, -0.2) is 4.98 Å². The van der Waals surface area contributed by atoms with Crippen LogP contribution in [0.3, 0.4) is 0 Å². The summed E-state index contributed by atoms with van der Waals surface area (Å²) in [7, 11) is 0. The summed E-state index contributed by atoms with van der Waals surface area (Å²) in [4.78, 5) is 8.50. The van der Waals surface area contributed by atoms with E-state index < -0.39 is 0 Å². The van der Waals surface area contributed by atoms with E-state index in [2.05, 4.69) is 25.9 Å². The summed E-state index contributed by atoms with van der Waals surface area (Å²) >= 11 is 6.74. The van der Waals surface area contributed by atoms with Gasteiger partial charge in [0.05, 0.1) is 14.7 Å². The lowest BCUT2D eigenvalue weighted by Crippen LogP contribution is -1.73. The van der Waals surface area contributed by atoms with Gasteiger partial charge in [-0.1, -0.05) is 11.8 Å². The van der Waals surface area contributed by atoms with Crippen LogP contribution in [0.15, 0.2) is 21.2 Å². The van der Waals surface area contributed by atoms with Gasteiger partial charge in [0.25, 0.3) is 0 Å². The zero-order chi connectivity index (χ0) is 8.55. The Labute approximate surface area is 86.5 Å². The molecule has 0 amide bonds. The maximum atomic E-state index is 4.43. The highest BCUT2D eigenvalue weighted by molar-refractivity contribution is 9.10. The summed E-state index contributed by atoms with van der Waals surface area (Å²) in [6.45, 7) is 0. The SMILES string of the molecule is CSc1nc2c(Br)cncc2s1. The standard InChI is InChI=1S/C7H5BrN2S2/c1-11-7-10-6-4(8)2-9-3-5(6)12-7/h2-3H,1H3. The molecule has 2 heterocycles. The summed E-state index contributed by atoms with van der Waals surface area (Å²) < 4.78 is 3.18. The fourth-order valence-corrected chi connectivity index (χ4v) is 2.92. The zero-order valence-electron chi connectivity index (χ0n) is 6.24. The fraction of sp³-hybridized carbons (Fsp3) is 0.143. The van der Waals surface area contributed by atoms with E-state index in [4.69, 9.17) is 0 Å². The number of hydrogen-bond donors (Lipinski definition) is 0. The maximum absolute atomic E-state index is 4.43. The number of thiazole rings is 1. The molecular weight excluding hydrogens is 256 g/mol. The van der Waals surface area contributed by atoms with E-state index in [0.717, 1.165) is 19.0 Å². The first kappa shape index (κ1) is 8.47. The van der Waals surface area contributed by atoms with Crippen LogP contribution >= 0.6 is 39.0 Å². The van der Waals surface area contributed by atoms with E-state index in [0.29, 0.717) is 0 Å². The predicted molar refractivity (Wildman–Crippen MR) is 56.9 cm³/mol. The summed E-state index contributed by atoms with van der Waals surface area (Å²) in [5.74, 6) is 0. The minimum absolute atomic E-state index is 0.969. The summed E-state index contributed by atoms with van der Waals surface area (Å²) in [5, 5.41) is 0. The third kappa shape index (κ3) is 1.36. The van der Waals surface area contributed by atoms with Crippen LogP contribution in [-0.4, -0.2) is 16.2 Å². The number of aromatic nitrogens is 2. The Morgan fingerprint density at radius 2 is 2.33 bits per heavy atom. The van der Waals surface area contributed by atoms with Gasteiger partial charge < -0.3 is 0 Å². The normalized spacial score (nSPS) is 10.8. The van der Waals surface area contributed by atoms with Crippen LogP contribution in [0.5, 0.6) is 0 Å². The Bertz CT molecular complexity index is 413. The van der Waals surface area contributed by atoms with E-state index >= 15 is 0 Å². The number of hydrogen-bond acceptors (Lipinski definition) is 4. The van der Waals surface area contributed by atoms with Crippen molar-refractivity contribution in [1.29, 1.82) is 0 Å². The lowest BCUT2D eigenvalue weighted by molar-refractivity contribution is 1.28. The minimum atomic E-state index is 0.969. The highest BCUT2D eigenvalue weighted by Gasteiger charge is 2.05. The third-order valence-corrected chi connectivity index (χ3v) is 3.97. The van der Waals surface area contributed by atoms with E-state index in [-0.39, 0.29) is 0 Å². The molecule has 0 aliphatic heterocycles. The number of rotatable bonds is 1. The molecule has 0 unspecified atom stereocenters. The molecule has 5 heteroatoms. The van der Waals surface area contributed by atoms with Gasteiger partial charge in [-0.15, -0.1) is 11.3 Å². The van der Waals surface area contributed by atoms with Crippen LogP contribution in [0.25, 0.3) is 10.2 Å². The van der Waals surface area contributed by atoms with E-state index in [1.807, 2.05) is 12.5 Å². The molecule has 0 spiro atoms. The molecule has 2 aromatic rings. The second kappa shape index (κ2) is 3.32. The second-order valence-electron chi connectivity index (χ2n) is 2.15.